The predicted molar refractivity (Wildman–Crippen MR) is 50.2 cm³/mol. The number of hydrogen-bond donors (Lipinski definition) is 1. The normalized spacial score (nSPS) is 33.5. The first-order chi connectivity index (χ1) is 6.20. The highest BCUT2D eigenvalue weighted by Crippen LogP contribution is 2.49. The molecule has 2 aliphatic rings. The molecule has 2 atom stereocenters. The summed E-state index contributed by atoms with van der Waals surface area (Å²) in [6, 6.07) is 0. The molecule has 0 aromatic carbocycles. The lowest BCUT2D eigenvalue weighted by Gasteiger charge is -2.33. The molecule has 0 aromatic heterocycles. The molecule has 0 aliphatic heterocycles. The first-order valence-electron chi connectivity index (χ1n) is 4.47. The van der Waals surface area contributed by atoms with E-state index in [0.29, 0.717) is 11.8 Å². The standard InChI is InChI=1S/C11H12O2/c1-2-7-3-8-5-9(6-11(12)13)10(8)4-7/h2,4,6,8,10H,1,3,5H2,(H,12,13)/t8-,10+/m0/s1. The zero-order valence-corrected chi connectivity index (χ0v) is 7.36. The molecule has 2 rings (SSSR count). The van der Waals surface area contributed by atoms with Crippen LogP contribution in [0.15, 0.2) is 36.0 Å². The van der Waals surface area contributed by atoms with E-state index in [1.54, 1.807) is 0 Å². The molecule has 1 N–H and O–H groups in total. The average molecular weight is 176 g/mol. The van der Waals surface area contributed by atoms with E-state index in [4.69, 9.17) is 5.11 Å². The first-order valence-corrected chi connectivity index (χ1v) is 4.47. The van der Waals surface area contributed by atoms with Gasteiger partial charge < -0.3 is 5.11 Å². The molecule has 0 heterocycles. The average Bonchev–Trinajstić information content (AvgIpc) is 2.38. The number of carboxylic acid groups (broad SMARTS) is 1. The van der Waals surface area contributed by atoms with Gasteiger partial charge in [-0.15, -0.1) is 0 Å². The van der Waals surface area contributed by atoms with Crippen LogP contribution in [0, 0.1) is 11.8 Å². The van der Waals surface area contributed by atoms with Gasteiger partial charge in [0.1, 0.15) is 0 Å². The van der Waals surface area contributed by atoms with Gasteiger partial charge in [0.05, 0.1) is 0 Å². The van der Waals surface area contributed by atoms with Crippen molar-refractivity contribution in [2.75, 3.05) is 0 Å². The number of carbonyl (C=O) groups is 1. The molecule has 68 valence electrons. The summed E-state index contributed by atoms with van der Waals surface area (Å²) in [6.07, 6.45) is 7.40. The number of allylic oxidation sites excluding steroid dienone is 4. The van der Waals surface area contributed by atoms with Crippen LogP contribution >= 0.6 is 0 Å². The maximum atomic E-state index is 10.4. The van der Waals surface area contributed by atoms with E-state index in [1.165, 1.54) is 11.6 Å². The number of carboxylic acids is 1. The van der Waals surface area contributed by atoms with Crippen molar-refractivity contribution in [1.29, 1.82) is 0 Å². The van der Waals surface area contributed by atoms with Crippen molar-refractivity contribution in [2.45, 2.75) is 12.8 Å². The fourth-order valence-corrected chi connectivity index (χ4v) is 2.22. The van der Waals surface area contributed by atoms with Crippen molar-refractivity contribution in [2.24, 2.45) is 11.8 Å². The number of rotatable bonds is 2. The van der Waals surface area contributed by atoms with Gasteiger partial charge in [-0.2, -0.15) is 0 Å². The Morgan fingerprint density at radius 1 is 1.62 bits per heavy atom. The largest absolute Gasteiger partial charge is 0.478 e. The predicted octanol–water partition coefficient (Wildman–Crippen LogP) is 2.15. The molecule has 0 spiro atoms. The Bertz CT molecular complexity index is 323. The van der Waals surface area contributed by atoms with Crippen LogP contribution in [-0.4, -0.2) is 11.1 Å². The van der Waals surface area contributed by atoms with Crippen LogP contribution in [0.5, 0.6) is 0 Å². The Kier molecular flexibility index (Phi) is 1.83. The van der Waals surface area contributed by atoms with Crippen LogP contribution in [0.4, 0.5) is 0 Å². The Hall–Kier alpha value is -1.31. The SMILES string of the molecule is C=CC1=C[C@H]2C(=CC(=O)O)C[C@@H]2C1. The van der Waals surface area contributed by atoms with Crippen LogP contribution in [-0.2, 0) is 4.79 Å². The van der Waals surface area contributed by atoms with Gasteiger partial charge >= 0.3 is 5.97 Å². The molecule has 0 bridgehead atoms. The molecular weight excluding hydrogens is 164 g/mol. The minimum Gasteiger partial charge on any atom is -0.478 e. The van der Waals surface area contributed by atoms with Gasteiger partial charge in [0, 0.05) is 12.0 Å². The molecule has 0 unspecified atom stereocenters. The second-order valence-electron chi connectivity index (χ2n) is 3.70. The van der Waals surface area contributed by atoms with Crippen LogP contribution in [0.3, 0.4) is 0 Å². The summed E-state index contributed by atoms with van der Waals surface area (Å²) in [5, 5.41) is 8.57. The summed E-state index contributed by atoms with van der Waals surface area (Å²) in [5.41, 5.74) is 2.33. The molecule has 1 saturated carbocycles. The third kappa shape index (κ3) is 1.32. The second kappa shape index (κ2) is 2.87. The van der Waals surface area contributed by atoms with Crippen LogP contribution < -0.4 is 0 Å². The number of aliphatic carboxylic acids is 1. The Morgan fingerprint density at radius 2 is 2.38 bits per heavy atom. The summed E-state index contributed by atoms with van der Waals surface area (Å²) in [7, 11) is 0. The molecule has 1 fully saturated rings. The fourth-order valence-electron chi connectivity index (χ4n) is 2.22. The highest BCUT2D eigenvalue weighted by atomic mass is 16.4. The summed E-state index contributed by atoms with van der Waals surface area (Å²) in [4.78, 5) is 10.4. The van der Waals surface area contributed by atoms with Gasteiger partial charge in [-0.3, -0.25) is 0 Å². The van der Waals surface area contributed by atoms with E-state index < -0.39 is 5.97 Å². The number of fused-ring (bicyclic) bond motifs is 1. The van der Waals surface area contributed by atoms with E-state index >= 15 is 0 Å². The van der Waals surface area contributed by atoms with E-state index in [9.17, 15) is 4.79 Å². The Balaban J connectivity index is 2.13. The Labute approximate surface area is 77.3 Å². The quantitative estimate of drug-likeness (QED) is 0.654. The Morgan fingerprint density at radius 3 is 3.00 bits per heavy atom. The third-order valence-corrected chi connectivity index (χ3v) is 2.90. The monoisotopic (exact) mass is 176 g/mol. The maximum Gasteiger partial charge on any atom is 0.328 e. The molecule has 2 aliphatic carbocycles. The third-order valence-electron chi connectivity index (χ3n) is 2.90. The minimum absolute atomic E-state index is 0.393. The fraction of sp³-hybridized carbons (Fsp3) is 0.364. The van der Waals surface area contributed by atoms with Crippen molar-refractivity contribution in [1.82, 2.24) is 0 Å². The van der Waals surface area contributed by atoms with Crippen LogP contribution in [0.1, 0.15) is 12.8 Å². The lowest BCUT2D eigenvalue weighted by atomic mass is 9.71. The van der Waals surface area contributed by atoms with Gasteiger partial charge in [-0.1, -0.05) is 29.9 Å². The minimum atomic E-state index is -0.825. The van der Waals surface area contributed by atoms with E-state index in [-0.39, 0.29) is 0 Å². The van der Waals surface area contributed by atoms with Gasteiger partial charge in [0.2, 0.25) is 0 Å². The molecule has 13 heavy (non-hydrogen) atoms. The topological polar surface area (TPSA) is 37.3 Å². The second-order valence-corrected chi connectivity index (χ2v) is 3.70. The van der Waals surface area contributed by atoms with Crippen molar-refractivity contribution < 1.29 is 9.90 Å². The van der Waals surface area contributed by atoms with E-state index in [0.717, 1.165) is 18.4 Å². The van der Waals surface area contributed by atoms with E-state index in [1.807, 2.05) is 6.08 Å². The summed E-state index contributed by atoms with van der Waals surface area (Å²) in [6.45, 7) is 3.72. The zero-order valence-electron chi connectivity index (χ0n) is 7.36. The van der Waals surface area contributed by atoms with Gasteiger partial charge in [0.15, 0.2) is 0 Å². The lowest BCUT2D eigenvalue weighted by Crippen LogP contribution is -2.24. The smallest absolute Gasteiger partial charge is 0.328 e. The van der Waals surface area contributed by atoms with Gasteiger partial charge in [-0.25, -0.2) is 4.79 Å². The highest BCUT2D eigenvalue weighted by molar-refractivity contribution is 5.81. The van der Waals surface area contributed by atoms with Crippen molar-refractivity contribution in [3.63, 3.8) is 0 Å². The molecule has 0 radical (unpaired) electrons. The maximum absolute atomic E-state index is 10.4. The zero-order chi connectivity index (χ0) is 9.42. The summed E-state index contributed by atoms with van der Waals surface area (Å²) >= 11 is 0. The molecule has 0 amide bonds. The molecule has 0 aromatic rings. The van der Waals surface area contributed by atoms with E-state index in [2.05, 4.69) is 12.7 Å². The van der Waals surface area contributed by atoms with Crippen molar-refractivity contribution in [3.05, 3.63) is 36.0 Å². The molecule has 2 nitrogen and oxygen atoms in total. The lowest BCUT2D eigenvalue weighted by molar-refractivity contribution is -0.131. The van der Waals surface area contributed by atoms with Crippen molar-refractivity contribution in [3.8, 4) is 0 Å². The number of hydrogen-bond acceptors (Lipinski definition) is 1. The first kappa shape index (κ1) is 8.30. The van der Waals surface area contributed by atoms with Gasteiger partial charge in [-0.05, 0) is 18.8 Å². The van der Waals surface area contributed by atoms with Crippen molar-refractivity contribution >= 4 is 5.97 Å². The molecule has 0 saturated heterocycles. The summed E-state index contributed by atoms with van der Waals surface area (Å²) < 4.78 is 0. The van der Waals surface area contributed by atoms with Crippen LogP contribution in [0.25, 0.3) is 0 Å². The molecular formula is C11H12O2. The summed E-state index contributed by atoms with van der Waals surface area (Å²) in [5.74, 6) is 0.219. The van der Waals surface area contributed by atoms with Crippen LogP contribution in [0.2, 0.25) is 0 Å². The highest BCUT2D eigenvalue weighted by Gasteiger charge is 2.38. The molecule has 2 heteroatoms. The van der Waals surface area contributed by atoms with Gasteiger partial charge in [0.25, 0.3) is 0 Å².